The normalized spacial score (nSPS) is 11.5. The summed E-state index contributed by atoms with van der Waals surface area (Å²) in [5, 5.41) is 1.07. The first kappa shape index (κ1) is 27.5. The highest BCUT2D eigenvalue weighted by Crippen LogP contribution is 2.30. The van der Waals surface area contributed by atoms with Crippen molar-refractivity contribution in [1.29, 1.82) is 0 Å². The topological polar surface area (TPSA) is 70.6 Å². The molecule has 2 aromatic carbocycles. The summed E-state index contributed by atoms with van der Waals surface area (Å²) in [5.41, 5.74) is 1.97. The van der Waals surface area contributed by atoms with E-state index in [0.717, 1.165) is 28.9 Å². The molecule has 33 heavy (non-hydrogen) atoms. The lowest BCUT2D eigenvalue weighted by molar-refractivity contribution is -0.118. The van der Waals surface area contributed by atoms with Gasteiger partial charge in [0.15, 0.2) is 15.0 Å². The van der Waals surface area contributed by atoms with Crippen LogP contribution in [-0.2, 0) is 14.6 Å². The number of aryl methyl sites for hydroxylation is 1. The van der Waals surface area contributed by atoms with Crippen molar-refractivity contribution in [2.24, 2.45) is 0 Å². The fraction of sp³-hybridized carbons (Fsp3) is 0.391. The molecule has 0 aliphatic carbocycles. The third kappa shape index (κ3) is 7.13. The van der Waals surface area contributed by atoms with E-state index in [1.165, 1.54) is 35.6 Å². The van der Waals surface area contributed by atoms with Crippen LogP contribution < -0.4 is 4.90 Å². The smallest absolute Gasteiger partial charge is 0.229 e. The highest BCUT2D eigenvalue weighted by atomic mass is 35.5. The van der Waals surface area contributed by atoms with E-state index in [-0.39, 0.29) is 35.4 Å². The molecule has 0 aliphatic rings. The van der Waals surface area contributed by atoms with Crippen LogP contribution in [0.5, 0.6) is 0 Å². The van der Waals surface area contributed by atoms with E-state index in [4.69, 9.17) is 11.6 Å². The molecule has 0 N–H and O–H groups in total. The number of sulfone groups is 1. The molecular formula is C23H29Cl2N3O3S2. The Morgan fingerprint density at radius 3 is 2.36 bits per heavy atom. The summed E-state index contributed by atoms with van der Waals surface area (Å²) < 4.78 is 26.4. The van der Waals surface area contributed by atoms with Crippen LogP contribution in [0, 0.1) is 6.92 Å². The minimum Gasteiger partial charge on any atom is -0.302 e. The number of likely N-dealkylation sites (N-methyl/N-ethyl adjacent to an activating group) is 1. The van der Waals surface area contributed by atoms with Gasteiger partial charge >= 0.3 is 0 Å². The lowest BCUT2D eigenvalue weighted by atomic mass is 10.2. The van der Waals surface area contributed by atoms with Gasteiger partial charge in [-0.1, -0.05) is 42.9 Å². The average molecular weight is 531 g/mol. The van der Waals surface area contributed by atoms with Gasteiger partial charge in [0.25, 0.3) is 0 Å². The van der Waals surface area contributed by atoms with Gasteiger partial charge in [0.05, 0.1) is 20.9 Å². The summed E-state index contributed by atoms with van der Waals surface area (Å²) in [4.78, 5) is 21.9. The predicted molar refractivity (Wildman–Crippen MR) is 140 cm³/mol. The van der Waals surface area contributed by atoms with Crippen LogP contribution in [0.2, 0.25) is 5.02 Å². The molecule has 0 fully saturated rings. The standard InChI is InChI=1S/C23H28ClN3O3S2.ClH/c1-4-26(5-2)13-14-27(23-25-20-11-6-17(3)16-21(20)31-23)22(28)12-15-32(29,30)19-9-7-18(24)8-10-19;/h6-11,16H,4-5,12-15H2,1-3H3;1H. The molecule has 0 aliphatic heterocycles. The third-order valence-electron chi connectivity index (χ3n) is 5.36. The van der Waals surface area contributed by atoms with Gasteiger partial charge in [0, 0.05) is 24.5 Å². The number of carbonyl (C=O) groups is 1. The SMILES string of the molecule is CCN(CC)CCN(C(=O)CCS(=O)(=O)c1ccc(Cl)cc1)c1nc2ccc(C)cc2s1.Cl. The monoisotopic (exact) mass is 529 g/mol. The van der Waals surface area contributed by atoms with E-state index >= 15 is 0 Å². The quantitative estimate of drug-likeness (QED) is 0.360. The lowest BCUT2D eigenvalue weighted by Crippen LogP contribution is -2.39. The molecule has 180 valence electrons. The Morgan fingerprint density at radius 1 is 1.06 bits per heavy atom. The zero-order chi connectivity index (χ0) is 23.3. The van der Waals surface area contributed by atoms with Gasteiger partial charge in [-0.05, 0) is 62.0 Å². The minimum atomic E-state index is -3.59. The van der Waals surface area contributed by atoms with Crippen molar-refractivity contribution in [2.75, 3.05) is 36.8 Å². The first-order valence-electron chi connectivity index (χ1n) is 10.6. The van der Waals surface area contributed by atoms with Crippen LogP contribution in [-0.4, -0.2) is 56.1 Å². The molecule has 1 aromatic heterocycles. The second kappa shape index (κ2) is 12.1. The van der Waals surface area contributed by atoms with Crippen molar-refractivity contribution in [2.45, 2.75) is 32.1 Å². The molecule has 0 atom stereocenters. The Balaban J connectivity index is 0.00000385. The number of thiazole rings is 1. The Bertz CT molecular complexity index is 1180. The molecule has 3 aromatic rings. The van der Waals surface area contributed by atoms with E-state index in [1.807, 2.05) is 19.1 Å². The number of hydrogen-bond donors (Lipinski definition) is 0. The Morgan fingerprint density at radius 2 is 1.73 bits per heavy atom. The van der Waals surface area contributed by atoms with Gasteiger partial charge in [-0.15, -0.1) is 12.4 Å². The number of amides is 1. The number of carbonyl (C=O) groups excluding carboxylic acids is 1. The molecule has 1 amide bonds. The largest absolute Gasteiger partial charge is 0.302 e. The summed E-state index contributed by atoms with van der Waals surface area (Å²) in [6.07, 6.45) is -0.113. The molecule has 0 saturated carbocycles. The number of rotatable bonds is 10. The van der Waals surface area contributed by atoms with Crippen molar-refractivity contribution < 1.29 is 13.2 Å². The molecule has 10 heteroatoms. The van der Waals surface area contributed by atoms with E-state index in [1.54, 1.807) is 4.90 Å². The van der Waals surface area contributed by atoms with Gasteiger partial charge in [-0.2, -0.15) is 0 Å². The van der Waals surface area contributed by atoms with E-state index in [2.05, 4.69) is 29.8 Å². The highest BCUT2D eigenvalue weighted by Gasteiger charge is 2.23. The number of fused-ring (bicyclic) bond motifs is 1. The molecule has 0 spiro atoms. The minimum absolute atomic E-state index is 0. The molecule has 0 bridgehead atoms. The number of aromatic nitrogens is 1. The number of anilines is 1. The molecular weight excluding hydrogens is 501 g/mol. The summed E-state index contributed by atoms with van der Waals surface area (Å²) >= 11 is 7.32. The van der Waals surface area contributed by atoms with Gasteiger partial charge in [0.1, 0.15) is 0 Å². The Hall–Kier alpha value is -1.71. The molecule has 0 radical (unpaired) electrons. The first-order chi connectivity index (χ1) is 15.2. The Kier molecular flexibility index (Phi) is 10.1. The first-order valence-corrected chi connectivity index (χ1v) is 13.5. The zero-order valence-corrected chi connectivity index (χ0v) is 22.2. The van der Waals surface area contributed by atoms with E-state index in [0.29, 0.717) is 23.2 Å². The highest BCUT2D eigenvalue weighted by molar-refractivity contribution is 7.91. The number of halogens is 2. The van der Waals surface area contributed by atoms with Gasteiger partial charge in [-0.25, -0.2) is 13.4 Å². The molecule has 0 unspecified atom stereocenters. The van der Waals surface area contributed by atoms with E-state index in [9.17, 15) is 13.2 Å². The summed E-state index contributed by atoms with van der Waals surface area (Å²) in [5.74, 6) is -0.510. The van der Waals surface area contributed by atoms with Crippen LogP contribution in [0.15, 0.2) is 47.4 Å². The van der Waals surface area contributed by atoms with Crippen LogP contribution in [0.3, 0.4) is 0 Å². The zero-order valence-electron chi connectivity index (χ0n) is 19.0. The van der Waals surface area contributed by atoms with Crippen LogP contribution in [0.1, 0.15) is 25.8 Å². The molecule has 6 nitrogen and oxygen atoms in total. The maximum Gasteiger partial charge on any atom is 0.229 e. The molecule has 1 heterocycles. The van der Waals surface area contributed by atoms with Crippen molar-refractivity contribution in [3.63, 3.8) is 0 Å². The van der Waals surface area contributed by atoms with E-state index < -0.39 is 9.84 Å². The maximum atomic E-state index is 13.2. The van der Waals surface area contributed by atoms with Crippen LogP contribution in [0.25, 0.3) is 10.2 Å². The number of hydrogen-bond acceptors (Lipinski definition) is 6. The van der Waals surface area contributed by atoms with Gasteiger partial charge < -0.3 is 4.90 Å². The van der Waals surface area contributed by atoms with Crippen molar-refractivity contribution in [1.82, 2.24) is 9.88 Å². The summed E-state index contributed by atoms with van der Waals surface area (Å²) in [7, 11) is -3.59. The van der Waals surface area contributed by atoms with Crippen LogP contribution >= 0.6 is 35.3 Å². The van der Waals surface area contributed by atoms with Crippen LogP contribution in [0.4, 0.5) is 5.13 Å². The predicted octanol–water partition coefficient (Wildman–Crippen LogP) is 5.22. The lowest BCUT2D eigenvalue weighted by Gasteiger charge is -2.24. The van der Waals surface area contributed by atoms with Gasteiger partial charge in [0.2, 0.25) is 5.91 Å². The third-order valence-corrected chi connectivity index (χ3v) is 8.38. The molecule has 0 saturated heterocycles. The average Bonchev–Trinajstić information content (AvgIpc) is 3.18. The number of nitrogens with zero attached hydrogens (tertiary/aromatic N) is 3. The summed E-state index contributed by atoms with van der Waals surface area (Å²) in [6.45, 7) is 9.08. The summed E-state index contributed by atoms with van der Waals surface area (Å²) in [6, 6.07) is 12.0. The second-order valence-corrected chi connectivity index (χ2v) is 11.1. The van der Waals surface area contributed by atoms with Crippen molar-refractivity contribution >= 4 is 66.4 Å². The fourth-order valence-corrected chi connectivity index (χ4v) is 5.82. The Labute approximate surface area is 210 Å². The second-order valence-electron chi connectivity index (χ2n) is 7.56. The van der Waals surface area contributed by atoms with Crippen molar-refractivity contribution in [3.05, 3.63) is 53.1 Å². The van der Waals surface area contributed by atoms with Crippen molar-refractivity contribution in [3.8, 4) is 0 Å². The molecule has 3 rings (SSSR count). The maximum absolute atomic E-state index is 13.2. The number of benzene rings is 2. The van der Waals surface area contributed by atoms with Gasteiger partial charge in [-0.3, -0.25) is 9.69 Å². The fourth-order valence-electron chi connectivity index (χ4n) is 3.36.